The standard InChI is InChI=1S/C18H19N3O6/c1-24-13-7-12(8-14(9-13)25-2)17(22)27-15-5-4-11(6-16(15)26-3)10-20-21-18(19)23/h4-10H,1-3H3,(H3,19,21,23). The van der Waals surface area contributed by atoms with Crippen LogP contribution in [0.1, 0.15) is 15.9 Å². The van der Waals surface area contributed by atoms with Gasteiger partial charge in [0.05, 0.1) is 33.1 Å². The van der Waals surface area contributed by atoms with Crippen LogP contribution < -0.4 is 30.1 Å². The Labute approximate surface area is 155 Å². The molecule has 0 saturated heterocycles. The molecule has 9 heteroatoms. The molecule has 2 aromatic rings. The van der Waals surface area contributed by atoms with Crippen molar-refractivity contribution in [3.63, 3.8) is 0 Å². The molecule has 0 atom stereocenters. The number of hydrazone groups is 1. The van der Waals surface area contributed by atoms with Gasteiger partial charge in [-0.3, -0.25) is 0 Å². The van der Waals surface area contributed by atoms with Crippen molar-refractivity contribution in [1.82, 2.24) is 5.43 Å². The molecule has 9 nitrogen and oxygen atoms in total. The quantitative estimate of drug-likeness (QED) is 0.331. The number of esters is 1. The van der Waals surface area contributed by atoms with Crippen molar-refractivity contribution in [2.75, 3.05) is 21.3 Å². The van der Waals surface area contributed by atoms with Gasteiger partial charge < -0.3 is 24.7 Å². The Balaban J connectivity index is 2.22. The van der Waals surface area contributed by atoms with Crippen molar-refractivity contribution in [1.29, 1.82) is 0 Å². The summed E-state index contributed by atoms with van der Waals surface area (Å²) in [5, 5.41) is 3.65. The van der Waals surface area contributed by atoms with Crippen LogP contribution in [0.25, 0.3) is 0 Å². The van der Waals surface area contributed by atoms with Crippen molar-refractivity contribution in [3.8, 4) is 23.0 Å². The predicted molar refractivity (Wildman–Crippen MR) is 97.8 cm³/mol. The average Bonchev–Trinajstić information content (AvgIpc) is 2.68. The zero-order valence-corrected chi connectivity index (χ0v) is 15.0. The third kappa shape index (κ3) is 5.36. The predicted octanol–water partition coefficient (Wildman–Crippen LogP) is 1.93. The molecule has 27 heavy (non-hydrogen) atoms. The van der Waals surface area contributed by atoms with E-state index in [0.29, 0.717) is 22.8 Å². The van der Waals surface area contributed by atoms with E-state index in [2.05, 4.69) is 10.5 Å². The first-order valence-electron chi connectivity index (χ1n) is 7.68. The summed E-state index contributed by atoms with van der Waals surface area (Å²) >= 11 is 0. The van der Waals surface area contributed by atoms with Crippen molar-refractivity contribution >= 4 is 18.2 Å². The van der Waals surface area contributed by atoms with E-state index < -0.39 is 12.0 Å². The molecule has 0 radical (unpaired) electrons. The summed E-state index contributed by atoms with van der Waals surface area (Å²) in [6, 6.07) is 8.69. The maximum atomic E-state index is 12.5. The second kappa shape index (κ2) is 9.09. The topological polar surface area (TPSA) is 121 Å². The van der Waals surface area contributed by atoms with Crippen LogP contribution in [-0.2, 0) is 0 Å². The summed E-state index contributed by atoms with van der Waals surface area (Å²) in [6.45, 7) is 0. The molecular formula is C18H19N3O6. The first-order chi connectivity index (χ1) is 13.0. The van der Waals surface area contributed by atoms with Crippen molar-refractivity contribution < 1.29 is 28.5 Å². The molecule has 0 saturated carbocycles. The number of carbonyl (C=O) groups excluding carboxylic acids is 2. The first-order valence-corrected chi connectivity index (χ1v) is 7.68. The van der Waals surface area contributed by atoms with Gasteiger partial charge in [-0.25, -0.2) is 15.0 Å². The molecule has 0 aliphatic heterocycles. The fraction of sp³-hybridized carbons (Fsp3) is 0.167. The molecule has 2 aromatic carbocycles. The molecule has 0 bridgehead atoms. The summed E-state index contributed by atoms with van der Waals surface area (Å²) in [5.74, 6) is 0.830. The van der Waals surface area contributed by atoms with Gasteiger partial charge in [-0.05, 0) is 35.9 Å². The molecule has 0 aliphatic rings. The van der Waals surface area contributed by atoms with Crippen LogP contribution in [0.4, 0.5) is 4.79 Å². The number of amides is 2. The van der Waals surface area contributed by atoms with Crippen molar-refractivity contribution in [3.05, 3.63) is 47.5 Å². The van der Waals surface area contributed by atoms with E-state index in [1.165, 1.54) is 39.7 Å². The number of primary amides is 1. The number of ether oxygens (including phenoxy) is 4. The molecule has 0 fully saturated rings. The van der Waals surface area contributed by atoms with Crippen LogP contribution in [0.15, 0.2) is 41.5 Å². The minimum absolute atomic E-state index is 0.212. The Morgan fingerprint density at radius 3 is 2.19 bits per heavy atom. The molecule has 142 valence electrons. The monoisotopic (exact) mass is 373 g/mol. The summed E-state index contributed by atoms with van der Waals surface area (Å²) in [4.78, 5) is 23.1. The molecule has 0 spiro atoms. The normalized spacial score (nSPS) is 10.3. The van der Waals surface area contributed by atoms with Gasteiger partial charge in [0.15, 0.2) is 11.5 Å². The maximum Gasteiger partial charge on any atom is 0.343 e. The fourth-order valence-corrected chi connectivity index (χ4v) is 2.10. The highest BCUT2D eigenvalue weighted by Gasteiger charge is 2.15. The molecule has 2 rings (SSSR count). The Morgan fingerprint density at radius 2 is 1.63 bits per heavy atom. The van der Waals surface area contributed by atoms with Crippen molar-refractivity contribution in [2.45, 2.75) is 0 Å². The summed E-state index contributed by atoms with van der Waals surface area (Å²) in [6.07, 6.45) is 1.37. The third-order valence-electron chi connectivity index (χ3n) is 3.37. The van der Waals surface area contributed by atoms with Crippen LogP contribution >= 0.6 is 0 Å². The SMILES string of the molecule is COc1cc(OC)cc(C(=O)Oc2ccc(C=NNC(N)=O)cc2OC)c1. The van der Waals surface area contributed by atoms with Crippen LogP contribution in [0.5, 0.6) is 23.0 Å². The number of nitrogens with one attached hydrogen (secondary N) is 1. The van der Waals surface area contributed by atoms with E-state index in [0.717, 1.165) is 0 Å². The second-order valence-electron chi connectivity index (χ2n) is 5.14. The highest BCUT2D eigenvalue weighted by molar-refractivity contribution is 5.92. The van der Waals surface area contributed by atoms with E-state index in [4.69, 9.17) is 24.7 Å². The Bertz CT molecular complexity index is 844. The van der Waals surface area contributed by atoms with E-state index in [1.54, 1.807) is 24.3 Å². The minimum atomic E-state index is -0.780. The number of urea groups is 1. The fourth-order valence-electron chi connectivity index (χ4n) is 2.10. The van der Waals surface area contributed by atoms with Gasteiger partial charge >= 0.3 is 12.0 Å². The number of nitrogens with two attached hydrogens (primary N) is 1. The zero-order valence-electron chi connectivity index (χ0n) is 15.0. The lowest BCUT2D eigenvalue weighted by Crippen LogP contribution is -2.24. The number of hydrogen-bond donors (Lipinski definition) is 2. The smallest absolute Gasteiger partial charge is 0.343 e. The molecule has 0 aliphatic carbocycles. The first kappa shape index (κ1) is 19.6. The average molecular weight is 373 g/mol. The van der Waals surface area contributed by atoms with Gasteiger partial charge in [0, 0.05) is 6.07 Å². The Kier molecular flexibility index (Phi) is 6.59. The van der Waals surface area contributed by atoms with E-state index in [-0.39, 0.29) is 11.3 Å². The molecule has 0 aromatic heterocycles. The largest absolute Gasteiger partial charge is 0.497 e. The number of methoxy groups -OCH3 is 3. The highest BCUT2D eigenvalue weighted by atomic mass is 16.6. The van der Waals surface area contributed by atoms with Gasteiger partial charge in [0.2, 0.25) is 0 Å². The zero-order chi connectivity index (χ0) is 19.8. The van der Waals surface area contributed by atoms with Gasteiger partial charge in [0.1, 0.15) is 11.5 Å². The lowest BCUT2D eigenvalue weighted by Gasteiger charge is -2.11. The molecule has 0 unspecified atom stereocenters. The molecule has 0 heterocycles. The van der Waals surface area contributed by atoms with Gasteiger partial charge in [0.25, 0.3) is 0 Å². The lowest BCUT2D eigenvalue weighted by atomic mass is 10.2. The van der Waals surface area contributed by atoms with Gasteiger partial charge in [-0.15, -0.1) is 0 Å². The second-order valence-corrected chi connectivity index (χ2v) is 5.14. The summed E-state index contributed by atoms with van der Waals surface area (Å²) in [5.41, 5.74) is 7.86. The summed E-state index contributed by atoms with van der Waals surface area (Å²) in [7, 11) is 4.41. The third-order valence-corrected chi connectivity index (χ3v) is 3.37. The van der Waals surface area contributed by atoms with Crippen LogP contribution in [-0.4, -0.2) is 39.5 Å². The molecular weight excluding hydrogens is 354 g/mol. The number of hydrogen-bond acceptors (Lipinski definition) is 7. The van der Waals surface area contributed by atoms with Gasteiger partial charge in [-0.1, -0.05) is 0 Å². The number of rotatable bonds is 7. The van der Waals surface area contributed by atoms with Crippen LogP contribution in [0.3, 0.4) is 0 Å². The minimum Gasteiger partial charge on any atom is -0.497 e. The van der Waals surface area contributed by atoms with E-state index in [1.807, 2.05) is 0 Å². The van der Waals surface area contributed by atoms with E-state index >= 15 is 0 Å². The molecule has 3 N–H and O–H groups in total. The van der Waals surface area contributed by atoms with Crippen molar-refractivity contribution in [2.24, 2.45) is 10.8 Å². The lowest BCUT2D eigenvalue weighted by molar-refractivity contribution is 0.0729. The summed E-state index contributed by atoms with van der Waals surface area (Å²) < 4.78 is 20.9. The van der Waals surface area contributed by atoms with E-state index in [9.17, 15) is 9.59 Å². The molecule has 2 amide bonds. The van der Waals surface area contributed by atoms with Crippen LogP contribution in [0.2, 0.25) is 0 Å². The number of carbonyl (C=O) groups is 2. The maximum absolute atomic E-state index is 12.5. The Hall–Kier alpha value is -3.75. The highest BCUT2D eigenvalue weighted by Crippen LogP contribution is 2.29. The van der Waals surface area contributed by atoms with Gasteiger partial charge in [-0.2, -0.15) is 5.10 Å². The van der Waals surface area contributed by atoms with Crippen LogP contribution in [0, 0.1) is 0 Å². The Morgan fingerprint density at radius 1 is 0.963 bits per heavy atom. The number of benzene rings is 2. The number of nitrogens with zero attached hydrogens (tertiary/aromatic N) is 1.